The number of nitrogens with zero attached hydrogens (tertiary/aromatic N) is 4. The Morgan fingerprint density at radius 3 is 2.57 bits per heavy atom. The minimum absolute atomic E-state index is 0.0144. The Bertz CT molecular complexity index is 430. The highest BCUT2D eigenvalue weighted by atomic mass is 16.6. The Hall–Kier alpha value is -2.67. The van der Waals surface area contributed by atoms with Crippen LogP contribution in [-0.2, 0) is 0 Å². The van der Waals surface area contributed by atoms with Gasteiger partial charge in [0.25, 0.3) is 0 Å². The maximum absolute atomic E-state index is 10.2. The van der Waals surface area contributed by atoms with Gasteiger partial charge in [-0.15, -0.1) is 0 Å². The summed E-state index contributed by atoms with van der Waals surface area (Å²) in [7, 11) is 0. The molecule has 7 heteroatoms. The number of hydrogen-bond donors (Lipinski definition) is 1. The largest absolute Gasteiger partial charge is 0.339 e. The van der Waals surface area contributed by atoms with Gasteiger partial charge in [-0.2, -0.15) is 10.5 Å². The van der Waals surface area contributed by atoms with E-state index in [0.717, 1.165) is 12.4 Å². The Morgan fingerprint density at radius 1 is 1.57 bits per heavy atom. The first kappa shape index (κ1) is 9.42. The van der Waals surface area contributed by atoms with Crippen LogP contribution in [0.25, 0.3) is 0 Å². The maximum atomic E-state index is 10.2. The predicted octanol–water partition coefficient (Wildman–Crippen LogP) is 0.0373. The minimum atomic E-state index is -0.633. The Labute approximate surface area is 78.4 Å². The number of aliphatic imine (C=N–C) groups is 1. The summed E-state index contributed by atoms with van der Waals surface area (Å²) in [6.07, 6.45) is 2.04. The Balaban J connectivity index is 2.97. The highest BCUT2D eigenvalue weighted by molar-refractivity contribution is 5.77. The fourth-order valence-electron chi connectivity index (χ4n) is 0.715. The molecule has 0 aliphatic carbocycles. The smallest absolute Gasteiger partial charge is 0.303 e. The van der Waals surface area contributed by atoms with Crippen molar-refractivity contribution in [2.45, 2.75) is 0 Å². The number of hydrogen-bond acceptors (Lipinski definition) is 6. The van der Waals surface area contributed by atoms with Crippen LogP contribution in [-0.4, -0.2) is 11.1 Å². The molecule has 14 heavy (non-hydrogen) atoms. The molecule has 0 unspecified atom stereocenters. The summed E-state index contributed by atoms with van der Waals surface area (Å²) in [5, 5.41) is 29.5. The average molecular weight is 189 g/mol. The lowest BCUT2D eigenvalue weighted by Crippen LogP contribution is -2.15. The third-order valence-electron chi connectivity index (χ3n) is 1.35. The van der Waals surface area contributed by atoms with Crippen LogP contribution in [0.1, 0.15) is 0 Å². The third-order valence-corrected chi connectivity index (χ3v) is 1.35. The van der Waals surface area contributed by atoms with Gasteiger partial charge in [0, 0.05) is 0 Å². The van der Waals surface area contributed by atoms with Crippen molar-refractivity contribution in [3.63, 3.8) is 0 Å². The van der Waals surface area contributed by atoms with E-state index in [1.165, 1.54) is 0 Å². The molecule has 0 radical (unpaired) electrons. The van der Waals surface area contributed by atoms with Crippen molar-refractivity contribution in [1.29, 1.82) is 10.5 Å². The molecule has 0 aromatic heterocycles. The molecule has 0 spiro atoms. The lowest BCUT2D eigenvalue weighted by atomic mass is 10.3. The van der Waals surface area contributed by atoms with Gasteiger partial charge < -0.3 is 5.32 Å². The van der Waals surface area contributed by atoms with Crippen molar-refractivity contribution >= 4 is 6.21 Å². The van der Waals surface area contributed by atoms with E-state index in [2.05, 4.69) is 10.3 Å². The first-order chi connectivity index (χ1) is 6.69. The van der Waals surface area contributed by atoms with Gasteiger partial charge in [0.15, 0.2) is 11.4 Å². The molecule has 0 amide bonds. The molecule has 0 saturated carbocycles. The van der Waals surface area contributed by atoms with Crippen LogP contribution in [0.4, 0.5) is 0 Å². The third kappa shape index (κ3) is 1.73. The van der Waals surface area contributed by atoms with Crippen molar-refractivity contribution in [1.82, 2.24) is 5.32 Å². The van der Waals surface area contributed by atoms with Crippen LogP contribution in [0.5, 0.6) is 0 Å². The average Bonchev–Trinajstić information content (AvgIpc) is 2.20. The molecule has 0 bridgehead atoms. The fraction of sp³-hybridized carbons (Fsp3) is 0. The highest BCUT2D eigenvalue weighted by Crippen LogP contribution is 2.06. The Morgan fingerprint density at radius 2 is 2.21 bits per heavy atom. The first-order valence-electron chi connectivity index (χ1n) is 3.38. The van der Waals surface area contributed by atoms with Crippen LogP contribution < -0.4 is 5.32 Å². The van der Waals surface area contributed by atoms with Gasteiger partial charge in [0.2, 0.25) is 0 Å². The molecule has 0 fully saturated rings. The van der Waals surface area contributed by atoms with Gasteiger partial charge >= 0.3 is 5.70 Å². The quantitative estimate of drug-likeness (QED) is 0.355. The second kappa shape index (κ2) is 3.83. The van der Waals surface area contributed by atoms with Gasteiger partial charge in [0.05, 0.1) is 11.1 Å². The monoisotopic (exact) mass is 189 g/mol. The van der Waals surface area contributed by atoms with Gasteiger partial charge in [-0.1, -0.05) is 0 Å². The summed E-state index contributed by atoms with van der Waals surface area (Å²) in [6.45, 7) is 0. The summed E-state index contributed by atoms with van der Waals surface area (Å²) in [5.74, 6) is 0.0144. The zero-order valence-electron chi connectivity index (χ0n) is 6.76. The molecular formula is C7H3N5O2. The van der Waals surface area contributed by atoms with Crippen molar-refractivity contribution in [2.24, 2.45) is 4.99 Å². The van der Waals surface area contributed by atoms with E-state index in [4.69, 9.17) is 10.5 Å². The SMILES string of the molecule is N#CC(C#N)=C1N=CC([N+](=O)[O-])=CN1. The van der Waals surface area contributed by atoms with Crippen molar-refractivity contribution in [3.05, 3.63) is 33.4 Å². The molecule has 1 rings (SSSR count). The molecule has 1 aliphatic heterocycles. The normalized spacial score (nSPS) is 13.3. The summed E-state index contributed by atoms with van der Waals surface area (Å²) in [5.41, 5.74) is -0.455. The molecule has 7 nitrogen and oxygen atoms in total. The minimum Gasteiger partial charge on any atom is -0.339 e. The van der Waals surface area contributed by atoms with Gasteiger partial charge in [0.1, 0.15) is 18.4 Å². The van der Waals surface area contributed by atoms with Crippen molar-refractivity contribution in [2.75, 3.05) is 0 Å². The molecule has 0 aromatic carbocycles. The van der Waals surface area contributed by atoms with E-state index in [-0.39, 0.29) is 17.1 Å². The second-order valence-electron chi connectivity index (χ2n) is 2.18. The van der Waals surface area contributed by atoms with Crippen LogP contribution in [0, 0.1) is 32.8 Å². The molecule has 1 N–H and O–H groups in total. The van der Waals surface area contributed by atoms with E-state index in [9.17, 15) is 10.1 Å². The summed E-state index contributed by atoms with van der Waals surface area (Å²) in [6, 6.07) is 3.22. The molecule has 0 aromatic rings. The van der Waals surface area contributed by atoms with E-state index in [1.54, 1.807) is 12.1 Å². The van der Waals surface area contributed by atoms with Gasteiger partial charge in [-0.05, 0) is 0 Å². The molecule has 1 heterocycles. The van der Waals surface area contributed by atoms with Crippen molar-refractivity contribution < 1.29 is 4.92 Å². The molecule has 68 valence electrons. The standard InChI is InChI=1S/C7H3N5O2/c8-1-5(2-9)7-10-3-6(4-11-7)12(13)14/h3-4,10H. The number of allylic oxidation sites excluding steroid dienone is 2. The fourth-order valence-corrected chi connectivity index (χ4v) is 0.715. The molecular weight excluding hydrogens is 186 g/mol. The lowest BCUT2D eigenvalue weighted by Gasteiger charge is -2.04. The second-order valence-corrected chi connectivity index (χ2v) is 2.18. The van der Waals surface area contributed by atoms with E-state index in [0.29, 0.717) is 0 Å². The Kier molecular flexibility index (Phi) is 2.57. The summed E-state index contributed by atoms with van der Waals surface area (Å²) >= 11 is 0. The van der Waals surface area contributed by atoms with Crippen molar-refractivity contribution in [3.8, 4) is 12.1 Å². The van der Waals surface area contributed by atoms with Crippen LogP contribution in [0.2, 0.25) is 0 Å². The zero-order chi connectivity index (χ0) is 10.6. The van der Waals surface area contributed by atoms with Crippen LogP contribution in [0.15, 0.2) is 28.3 Å². The zero-order valence-corrected chi connectivity index (χ0v) is 6.76. The highest BCUT2D eigenvalue weighted by Gasteiger charge is 2.14. The molecule has 0 atom stereocenters. The maximum Gasteiger partial charge on any atom is 0.303 e. The number of nitrogens with one attached hydrogen (secondary N) is 1. The van der Waals surface area contributed by atoms with E-state index in [1.807, 2.05) is 0 Å². The first-order valence-corrected chi connectivity index (χ1v) is 3.38. The van der Waals surface area contributed by atoms with Crippen LogP contribution >= 0.6 is 0 Å². The molecule has 1 aliphatic rings. The lowest BCUT2D eigenvalue weighted by molar-refractivity contribution is -0.414. The predicted molar refractivity (Wildman–Crippen MR) is 45.0 cm³/mol. The van der Waals surface area contributed by atoms with Gasteiger partial charge in [-0.25, -0.2) is 4.99 Å². The summed E-state index contributed by atoms with van der Waals surface area (Å²) < 4.78 is 0. The molecule has 0 saturated heterocycles. The summed E-state index contributed by atoms with van der Waals surface area (Å²) in [4.78, 5) is 13.2. The van der Waals surface area contributed by atoms with E-state index >= 15 is 0 Å². The number of nitro groups is 1. The van der Waals surface area contributed by atoms with Gasteiger partial charge in [-0.3, -0.25) is 10.1 Å². The number of nitriles is 2. The van der Waals surface area contributed by atoms with Crippen LogP contribution in [0.3, 0.4) is 0 Å². The van der Waals surface area contributed by atoms with E-state index < -0.39 is 4.92 Å². The number of rotatable bonds is 1. The topological polar surface area (TPSA) is 115 Å².